The van der Waals surface area contributed by atoms with E-state index in [2.05, 4.69) is 29.2 Å². The maximum atomic E-state index is 11.1. The molecule has 0 amide bonds. The minimum absolute atomic E-state index is 0.0863. The zero-order valence-corrected chi connectivity index (χ0v) is 8.99. The van der Waals surface area contributed by atoms with Gasteiger partial charge in [0.1, 0.15) is 6.04 Å². The van der Waals surface area contributed by atoms with Gasteiger partial charge in [-0.15, -0.1) is 0 Å². The second-order valence-corrected chi connectivity index (χ2v) is 4.25. The summed E-state index contributed by atoms with van der Waals surface area (Å²) in [5.74, 6) is 0.174. The molecule has 0 aromatic heterocycles. The largest absolute Gasteiger partial charge is 0.381 e. The molecule has 1 aliphatic heterocycles. The first-order valence-electron chi connectivity index (χ1n) is 5.35. The number of hydrogen-bond acceptors (Lipinski definition) is 2. The Hall–Kier alpha value is -1.35. The molecule has 0 saturated carbocycles. The lowest BCUT2D eigenvalue weighted by Crippen LogP contribution is -2.65. The molecule has 0 aliphatic carbocycles. The average Bonchev–Trinajstić information content (AvgIpc) is 2.59. The predicted molar refractivity (Wildman–Crippen MR) is 59.5 cm³/mol. The lowest BCUT2D eigenvalue weighted by molar-refractivity contribution is -0.404. The Kier molecular flexibility index (Phi) is 2.73. The second kappa shape index (κ2) is 4.03. The number of anilines is 1. The molecule has 15 heavy (non-hydrogen) atoms. The quantitative estimate of drug-likeness (QED) is 0.759. The molecule has 1 aliphatic rings. The number of benzene rings is 1. The molecule has 3 heteroatoms. The molecule has 80 valence electrons. The van der Waals surface area contributed by atoms with Crippen LogP contribution in [-0.2, 0) is 11.2 Å². The van der Waals surface area contributed by atoms with Crippen molar-refractivity contribution in [1.82, 2.24) is 0 Å². The SMILES string of the molecule is CC(=O)C([NH3+])CC1Cc2ccccc2N1. The van der Waals surface area contributed by atoms with Crippen molar-refractivity contribution in [3.63, 3.8) is 0 Å². The van der Waals surface area contributed by atoms with E-state index < -0.39 is 0 Å². The summed E-state index contributed by atoms with van der Waals surface area (Å²) in [5, 5.41) is 3.43. The highest BCUT2D eigenvalue weighted by Gasteiger charge is 2.24. The van der Waals surface area contributed by atoms with Gasteiger partial charge in [-0.25, -0.2) is 0 Å². The summed E-state index contributed by atoms with van der Waals surface area (Å²) in [7, 11) is 0. The lowest BCUT2D eigenvalue weighted by Gasteiger charge is -2.12. The van der Waals surface area contributed by atoms with E-state index in [1.807, 2.05) is 6.07 Å². The Labute approximate surface area is 89.7 Å². The van der Waals surface area contributed by atoms with Crippen LogP contribution in [0.25, 0.3) is 0 Å². The number of Topliss-reactive ketones (excluding diaryl/α,β-unsaturated/α-hetero) is 1. The first kappa shape index (κ1) is 10.2. The van der Waals surface area contributed by atoms with Crippen LogP contribution in [0, 0.1) is 0 Å². The van der Waals surface area contributed by atoms with Gasteiger partial charge in [-0.3, -0.25) is 4.79 Å². The van der Waals surface area contributed by atoms with Crippen molar-refractivity contribution >= 4 is 11.5 Å². The molecule has 1 heterocycles. The number of ketones is 1. The van der Waals surface area contributed by atoms with Crippen molar-refractivity contribution in [3.05, 3.63) is 29.8 Å². The van der Waals surface area contributed by atoms with Crippen LogP contribution in [-0.4, -0.2) is 17.9 Å². The number of fused-ring (bicyclic) bond motifs is 1. The summed E-state index contributed by atoms with van der Waals surface area (Å²) in [6.07, 6.45) is 1.83. The maximum absolute atomic E-state index is 11.1. The summed E-state index contributed by atoms with van der Waals surface area (Å²) >= 11 is 0. The monoisotopic (exact) mass is 205 g/mol. The van der Waals surface area contributed by atoms with Gasteiger partial charge in [0, 0.05) is 25.1 Å². The summed E-state index contributed by atoms with van der Waals surface area (Å²) in [5.41, 5.74) is 6.43. The Balaban J connectivity index is 1.99. The van der Waals surface area contributed by atoms with Gasteiger partial charge in [0.25, 0.3) is 0 Å². The Morgan fingerprint density at radius 1 is 1.60 bits per heavy atom. The fourth-order valence-corrected chi connectivity index (χ4v) is 2.03. The van der Waals surface area contributed by atoms with Crippen molar-refractivity contribution in [2.75, 3.05) is 5.32 Å². The highest BCUT2D eigenvalue weighted by Crippen LogP contribution is 2.26. The standard InChI is InChI=1S/C12H16N2O/c1-8(15)11(13)7-10-6-9-4-2-3-5-12(9)14-10/h2-5,10-11,14H,6-7,13H2,1H3/p+1. The van der Waals surface area contributed by atoms with Crippen LogP contribution >= 0.6 is 0 Å². The molecule has 0 saturated heterocycles. The van der Waals surface area contributed by atoms with E-state index in [1.54, 1.807) is 6.92 Å². The van der Waals surface area contributed by atoms with Crippen molar-refractivity contribution in [2.24, 2.45) is 0 Å². The zero-order valence-electron chi connectivity index (χ0n) is 8.99. The van der Waals surface area contributed by atoms with Crippen LogP contribution in [0.3, 0.4) is 0 Å². The minimum Gasteiger partial charge on any atom is -0.381 e. The molecular weight excluding hydrogens is 188 g/mol. The number of carbonyl (C=O) groups is 1. The van der Waals surface area contributed by atoms with Crippen LogP contribution < -0.4 is 11.1 Å². The molecular formula is C12H17N2O+. The summed E-state index contributed by atoms with van der Waals surface area (Å²) in [6.45, 7) is 1.61. The van der Waals surface area contributed by atoms with Crippen molar-refractivity contribution < 1.29 is 10.5 Å². The third-order valence-electron chi connectivity index (χ3n) is 2.99. The second-order valence-electron chi connectivity index (χ2n) is 4.25. The Morgan fingerprint density at radius 2 is 2.33 bits per heavy atom. The van der Waals surface area contributed by atoms with Gasteiger partial charge in [-0.2, -0.15) is 0 Å². The summed E-state index contributed by atoms with van der Waals surface area (Å²) < 4.78 is 0. The van der Waals surface area contributed by atoms with Gasteiger partial charge >= 0.3 is 0 Å². The van der Waals surface area contributed by atoms with Gasteiger partial charge in [0.15, 0.2) is 5.78 Å². The fraction of sp³-hybridized carbons (Fsp3) is 0.417. The van der Waals surface area contributed by atoms with Crippen LogP contribution in [0.1, 0.15) is 18.9 Å². The van der Waals surface area contributed by atoms with Crippen molar-refractivity contribution in [1.29, 1.82) is 0 Å². The molecule has 0 spiro atoms. The van der Waals surface area contributed by atoms with Crippen LogP contribution in [0.5, 0.6) is 0 Å². The topological polar surface area (TPSA) is 56.7 Å². The van der Waals surface area contributed by atoms with Gasteiger partial charge in [0.05, 0.1) is 0 Å². The number of carbonyl (C=O) groups excluding carboxylic acids is 1. The zero-order chi connectivity index (χ0) is 10.8. The van der Waals surface area contributed by atoms with Gasteiger partial charge in [-0.05, 0) is 18.1 Å². The van der Waals surface area contributed by atoms with E-state index in [1.165, 1.54) is 11.3 Å². The predicted octanol–water partition coefficient (Wildman–Crippen LogP) is 0.613. The number of rotatable bonds is 3. The van der Waals surface area contributed by atoms with Crippen molar-refractivity contribution in [3.8, 4) is 0 Å². The summed E-state index contributed by atoms with van der Waals surface area (Å²) in [6, 6.07) is 8.58. The minimum atomic E-state index is -0.0863. The maximum Gasteiger partial charge on any atom is 0.186 e. The molecule has 2 atom stereocenters. The van der Waals surface area contributed by atoms with Gasteiger partial charge in [-0.1, -0.05) is 18.2 Å². The molecule has 0 fully saturated rings. The number of nitrogens with one attached hydrogen (secondary N) is 1. The normalized spacial score (nSPS) is 20.5. The first-order chi connectivity index (χ1) is 7.16. The van der Waals surface area contributed by atoms with Crippen LogP contribution in [0.2, 0.25) is 0 Å². The van der Waals surface area contributed by atoms with Crippen LogP contribution in [0.4, 0.5) is 5.69 Å². The lowest BCUT2D eigenvalue weighted by atomic mass is 10.0. The molecule has 0 bridgehead atoms. The van der Waals surface area contributed by atoms with Gasteiger partial charge in [0.2, 0.25) is 0 Å². The molecule has 0 radical (unpaired) electrons. The van der Waals surface area contributed by atoms with E-state index in [0.717, 1.165) is 12.8 Å². The van der Waals surface area contributed by atoms with E-state index in [9.17, 15) is 4.79 Å². The van der Waals surface area contributed by atoms with Crippen LogP contribution in [0.15, 0.2) is 24.3 Å². The fourth-order valence-electron chi connectivity index (χ4n) is 2.03. The molecule has 2 unspecified atom stereocenters. The van der Waals surface area contributed by atoms with E-state index in [-0.39, 0.29) is 11.8 Å². The molecule has 4 N–H and O–H groups in total. The number of hydrogen-bond donors (Lipinski definition) is 2. The molecule has 1 aromatic carbocycles. The van der Waals surface area contributed by atoms with E-state index in [4.69, 9.17) is 0 Å². The molecule has 3 nitrogen and oxygen atoms in total. The first-order valence-corrected chi connectivity index (χ1v) is 5.35. The summed E-state index contributed by atoms with van der Waals surface area (Å²) in [4.78, 5) is 11.1. The molecule has 2 rings (SSSR count). The van der Waals surface area contributed by atoms with Gasteiger partial charge < -0.3 is 11.1 Å². The highest BCUT2D eigenvalue weighted by atomic mass is 16.1. The Morgan fingerprint density at radius 3 is 3.00 bits per heavy atom. The van der Waals surface area contributed by atoms with E-state index in [0.29, 0.717) is 6.04 Å². The average molecular weight is 205 g/mol. The van der Waals surface area contributed by atoms with Crippen molar-refractivity contribution in [2.45, 2.75) is 31.8 Å². The number of para-hydroxylation sites is 1. The third-order valence-corrected chi connectivity index (χ3v) is 2.99. The third kappa shape index (κ3) is 2.18. The highest BCUT2D eigenvalue weighted by molar-refractivity contribution is 5.79. The smallest absolute Gasteiger partial charge is 0.186 e. The Bertz CT molecular complexity index is 351. The van der Waals surface area contributed by atoms with E-state index >= 15 is 0 Å². The number of quaternary nitrogens is 1. The molecule has 1 aromatic rings.